The number of carbonyl (C=O) groups excluding carboxylic acids is 1. The van der Waals surface area contributed by atoms with Crippen molar-refractivity contribution in [2.24, 2.45) is 0 Å². The fourth-order valence-electron chi connectivity index (χ4n) is 1.85. The van der Waals surface area contributed by atoms with E-state index in [1.165, 1.54) is 24.4 Å². The summed E-state index contributed by atoms with van der Waals surface area (Å²) < 4.78 is 15.1. The van der Waals surface area contributed by atoms with Gasteiger partial charge in [0.1, 0.15) is 11.5 Å². The molecule has 0 saturated heterocycles. The number of nitrogens with zero attached hydrogens (tertiary/aromatic N) is 3. The molecule has 0 atom stereocenters. The number of hydrogen-bond donors (Lipinski definition) is 0. The fourth-order valence-corrected chi connectivity index (χ4v) is 2.61. The second-order valence-electron chi connectivity index (χ2n) is 4.82. The van der Waals surface area contributed by atoms with Crippen LogP contribution in [0.1, 0.15) is 16.1 Å². The van der Waals surface area contributed by atoms with Crippen LogP contribution in [0.5, 0.6) is 0 Å². The van der Waals surface area contributed by atoms with Crippen molar-refractivity contribution in [3.8, 4) is 0 Å². The highest BCUT2D eigenvalue weighted by Crippen LogP contribution is 2.25. The zero-order chi connectivity index (χ0) is 15.6. The third-order valence-electron chi connectivity index (χ3n) is 2.94. The lowest BCUT2D eigenvalue weighted by molar-refractivity contribution is 0.102. The topological polar surface area (TPSA) is 38.1 Å². The lowest BCUT2D eigenvalue weighted by atomic mass is 10.1. The van der Waals surface area contributed by atoms with Crippen molar-refractivity contribution in [2.45, 2.75) is 6.54 Å². The van der Waals surface area contributed by atoms with Gasteiger partial charge in [-0.3, -0.25) is 9.48 Å². The van der Waals surface area contributed by atoms with Crippen LogP contribution in [0.15, 0.2) is 28.9 Å². The van der Waals surface area contributed by atoms with E-state index in [4.69, 9.17) is 11.6 Å². The molecule has 0 aliphatic rings. The van der Waals surface area contributed by atoms with Crippen molar-refractivity contribution < 1.29 is 9.18 Å². The molecule has 0 aliphatic heterocycles. The number of carbonyl (C=O) groups is 1. The largest absolute Gasteiger partial charge is 0.308 e. The first kappa shape index (κ1) is 16.1. The van der Waals surface area contributed by atoms with Crippen LogP contribution < -0.4 is 0 Å². The number of aromatic nitrogens is 2. The minimum Gasteiger partial charge on any atom is -0.308 e. The van der Waals surface area contributed by atoms with Gasteiger partial charge in [0.2, 0.25) is 5.78 Å². The molecule has 0 fully saturated rings. The molecular formula is C14H14BrClFN3O. The van der Waals surface area contributed by atoms with Crippen LogP contribution in [0.25, 0.3) is 0 Å². The predicted octanol–water partition coefficient (Wildman–Crippen LogP) is 3.23. The molecule has 2 aromatic rings. The molecule has 4 nitrogen and oxygen atoms in total. The Balaban J connectivity index is 2.36. The van der Waals surface area contributed by atoms with Gasteiger partial charge in [0.25, 0.3) is 0 Å². The zero-order valence-corrected chi connectivity index (χ0v) is 13.9. The molecule has 21 heavy (non-hydrogen) atoms. The van der Waals surface area contributed by atoms with E-state index in [1.54, 1.807) is 4.68 Å². The van der Waals surface area contributed by atoms with E-state index in [9.17, 15) is 9.18 Å². The van der Waals surface area contributed by atoms with Gasteiger partial charge in [-0.2, -0.15) is 5.10 Å². The lowest BCUT2D eigenvalue weighted by Gasteiger charge is -2.12. The molecule has 0 unspecified atom stereocenters. The van der Waals surface area contributed by atoms with Gasteiger partial charge in [-0.05, 0) is 48.2 Å². The summed E-state index contributed by atoms with van der Waals surface area (Å²) in [6.07, 6.45) is 1.45. The van der Waals surface area contributed by atoms with E-state index >= 15 is 0 Å². The van der Waals surface area contributed by atoms with Crippen LogP contribution in [-0.4, -0.2) is 41.1 Å². The molecule has 1 heterocycles. The zero-order valence-electron chi connectivity index (χ0n) is 11.6. The molecule has 0 spiro atoms. The lowest BCUT2D eigenvalue weighted by Crippen LogP contribution is -2.22. The number of benzene rings is 1. The van der Waals surface area contributed by atoms with E-state index in [-0.39, 0.29) is 10.8 Å². The number of halogens is 3. The van der Waals surface area contributed by atoms with Crippen molar-refractivity contribution >= 4 is 33.3 Å². The van der Waals surface area contributed by atoms with Crippen molar-refractivity contribution in [2.75, 3.05) is 20.6 Å². The summed E-state index contributed by atoms with van der Waals surface area (Å²) in [5.41, 5.74) is 0.663. The number of ketones is 1. The molecular weight excluding hydrogens is 361 g/mol. The van der Waals surface area contributed by atoms with E-state index < -0.39 is 5.82 Å². The Hall–Kier alpha value is -1.24. The Kier molecular flexibility index (Phi) is 5.13. The maximum absolute atomic E-state index is 13.1. The summed E-state index contributed by atoms with van der Waals surface area (Å²) in [7, 11) is 3.87. The highest BCUT2D eigenvalue weighted by molar-refractivity contribution is 9.10. The van der Waals surface area contributed by atoms with Gasteiger partial charge in [-0.15, -0.1) is 0 Å². The first-order valence-electron chi connectivity index (χ1n) is 6.26. The molecule has 0 aliphatic carbocycles. The minimum atomic E-state index is -0.411. The standard InChI is InChI=1S/C14H14BrClFN3O/c1-19(2)5-6-20-13(12(16)8-18-20)14(21)10-4-3-9(17)7-11(10)15/h3-4,7-8H,5-6H2,1-2H3. The summed E-state index contributed by atoms with van der Waals surface area (Å²) in [6, 6.07) is 3.93. The number of hydrogen-bond acceptors (Lipinski definition) is 3. The van der Waals surface area contributed by atoms with Crippen LogP contribution in [0, 0.1) is 5.82 Å². The highest BCUT2D eigenvalue weighted by Gasteiger charge is 2.21. The van der Waals surface area contributed by atoms with Gasteiger partial charge < -0.3 is 4.90 Å². The second-order valence-corrected chi connectivity index (χ2v) is 6.08. The Morgan fingerprint density at radius 2 is 2.19 bits per heavy atom. The second kappa shape index (κ2) is 6.68. The van der Waals surface area contributed by atoms with Gasteiger partial charge in [-0.25, -0.2) is 4.39 Å². The molecule has 0 bridgehead atoms. The summed E-state index contributed by atoms with van der Waals surface area (Å²) >= 11 is 9.28. The molecule has 0 saturated carbocycles. The minimum absolute atomic E-state index is 0.287. The van der Waals surface area contributed by atoms with Crippen molar-refractivity contribution in [1.29, 1.82) is 0 Å². The van der Waals surface area contributed by atoms with Gasteiger partial charge in [0, 0.05) is 16.6 Å². The fraction of sp³-hybridized carbons (Fsp3) is 0.286. The molecule has 0 N–H and O–H groups in total. The smallest absolute Gasteiger partial charge is 0.213 e. The van der Waals surface area contributed by atoms with E-state index in [0.717, 1.165) is 6.54 Å². The average Bonchev–Trinajstić information content (AvgIpc) is 2.77. The molecule has 1 aromatic carbocycles. The predicted molar refractivity (Wildman–Crippen MR) is 83.3 cm³/mol. The Labute approximate surface area is 135 Å². The van der Waals surface area contributed by atoms with Gasteiger partial charge in [-0.1, -0.05) is 11.6 Å². The molecule has 1 aromatic heterocycles. The molecule has 112 valence electrons. The van der Waals surface area contributed by atoms with Gasteiger partial charge >= 0.3 is 0 Å². The first-order chi connectivity index (χ1) is 9.90. The highest BCUT2D eigenvalue weighted by atomic mass is 79.9. The normalized spacial score (nSPS) is 11.1. The van der Waals surface area contributed by atoms with Gasteiger partial charge in [0.05, 0.1) is 17.8 Å². The number of rotatable bonds is 5. The van der Waals surface area contributed by atoms with E-state index in [1.807, 2.05) is 19.0 Å². The van der Waals surface area contributed by atoms with Crippen LogP contribution in [0.4, 0.5) is 4.39 Å². The van der Waals surface area contributed by atoms with Gasteiger partial charge in [0.15, 0.2) is 0 Å². The van der Waals surface area contributed by atoms with E-state index in [2.05, 4.69) is 21.0 Å². The maximum atomic E-state index is 13.1. The maximum Gasteiger partial charge on any atom is 0.213 e. The van der Waals surface area contributed by atoms with Crippen molar-refractivity contribution in [3.63, 3.8) is 0 Å². The van der Waals surface area contributed by atoms with Crippen molar-refractivity contribution in [3.05, 3.63) is 51.0 Å². The summed E-state index contributed by atoms with van der Waals surface area (Å²) in [4.78, 5) is 14.6. The third-order valence-corrected chi connectivity index (χ3v) is 3.88. The summed E-state index contributed by atoms with van der Waals surface area (Å²) in [5, 5.41) is 4.42. The van der Waals surface area contributed by atoms with E-state index in [0.29, 0.717) is 22.3 Å². The SMILES string of the molecule is CN(C)CCn1ncc(Cl)c1C(=O)c1ccc(F)cc1Br. The Bertz CT molecular complexity index is 672. The van der Waals surface area contributed by atoms with Crippen LogP contribution in [0.2, 0.25) is 5.02 Å². The number of likely N-dealkylation sites (N-methyl/N-ethyl adjacent to an activating group) is 1. The van der Waals surface area contributed by atoms with Crippen LogP contribution >= 0.6 is 27.5 Å². The van der Waals surface area contributed by atoms with Crippen LogP contribution in [0.3, 0.4) is 0 Å². The van der Waals surface area contributed by atoms with Crippen molar-refractivity contribution in [1.82, 2.24) is 14.7 Å². The molecule has 2 rings (SSSR count). The third kappa shape index (κ3) is 3.70. The monoisotopic (exact) mass is 373 g/mol. The first-order valence-corrected chi connectivity index (χ1v) is 7.43. The molecule has 0 radical (unpaired) electrons. The average molecular weight is 375 g/mol. The van der Waals surface area contributed by atoms with Crippen LogP contribution in [-0.2, 0) is 6.54 Å². The molecule has 0 amide bonds. The quantitative estimate of drug-likeness (QED) is 0.754. The molecule has 7 heteroatoms. The summed E-state index contributed by atoms with van der Waals surface area (Å²) in [5.74, 6) is -0.700. The summed E-state index contributed by atoms with van der Waals surface area (Å²) in [6.45, 7) is 1.27. The Morgan fingerprint density at radius 1 is 1.48 bits per heavy atom. The Morgan fingerprint density at radius 3 is 2.81 bits per heavy atom.